The van der Waals surface area contributed by atoms with Crippen LogP contribution in [0.5, 0.6) is 0 Å². The van der Waals surface area contributed by atoms with E-state index < -0.39 is 17.5 Å². The molecule has 1 aromatic heterocycles. The van der Waals surface area contributed by atoms with Crippen molar-refractivity contribution in [2.45, 2.75) is 25.9 Å². The molecule has 6 heteroatoms. The summed E-state index contributed by atoms with van der Waals surface area (Å²) in [4.78, 5) is 8.89. The molecular formula is C20H14F3N3. The fourth-order valence-electron chi connectivity index (χ4n) is 3.76. The van der Waals surface area contributed by atoms with Crippen molar-refractivity contribution in [3.05, 3.63) is 64.7 Å². The van der Waals surface area contributed by atoms with Gasteiger partial charge in [0.25, 0.3) is 0 Å². The van der Waals surface area contributed by atoms with Gasteiger partial charge >= 0.3 is 0 Å². The number of aliphatic imine (C=N–C) groups is 1. The van der Waals surface area contributed by atoms with Crippen LogP contribution in [0.3, 0.4) is 0 Å². The van der Waals surface area contributed by atoms with Gasteiger partial charge < -0.3 is 4.57 Å². The number of halogens is 3. The molecule has 0 fully saturated rings. The molecule has 130 valence electrons. The second-order valence-electron chi connectivity index (χ2n) is 6.62. The highest BCUT2D eigenvalue weighted by atomic mass is 19.2. The second kappa shape index (κ2) is 5.56. The zero-order valence-electron chi connectivity index (χ0n) is 13.8. The van der Waals surface area contributed by atoms with Crippen LogP contribution in [0.2, 0.25) is 0 Å². The molecule has 2 aromatic carbocycles. The standard InChI is InChI=1S/C20H14F3N3/c21-15-7-13(8-16(22)18(15)23)19-20(26-5-1-2-17(26)25-19)11-3-4-12-9-24-10-14(12)6-11/h3-4,6-8,10H,1-2,5,9H2. The molecule has 0 N–H and O–H groups in total. The average Bonchev–Trinajstić information content (AvgIpc) is 3.33. The maximum absolute atomic E-state index is 13.8. The van der Waals surface area contributed by atoms with Gasteiger partial charge in [0.1, 0.15) is 5.82 Å². The van der Waals surface area contributed by atoms with Crippen molar-refractivity contribution in [2.24, 2.45) is 4.99 Å². The first-order valence-electron chi connectivity index (χ1n) is 8.49. The Morgan fingerprint density at radius 1 is 0.962 bits per heavy atom. The van der Waals surface area contributed by atoms with Crippen molar-refractivity contribution in [1.82, 2.24) is 9.55 Å². The van der Waals surface area contributed by atoms with Gasteiger partial charge in [-0.25, -0.2) is 18.2 Å². The van der Waals surface area contributed by atoms with Crippen molar-refractivity contribution >= 4 is 6.21 Å². The van der Waals surface area contributed by atoms with Crippen LogP contribution in [0.4, 0.5) is 13.2 Å². The third kappa shape index (κ3) is 2.21. The summed E-state index contributed by atoms with van der Waals surface area (Å²) in [6, 6.07) is 8.04. The monoisotopic (exact) mass is 353 g/mol. The van der Waals surface area contributed by atoms with Gasteiger partial charge in [0, 0.05) is 30.3 Å². The summed E-state index contributed by atoms with van der Waals surface area (Å²) in [5.74, 6) is -2.99. The molecule has 26 heavy (non-hydrogen) atoms. The van der Waals surface area contributed by atoms with Crippen LogP contribution < -0.4 is 0 Å². The molecule has 3 heterocycles. The van der Waals surface area contributed by atoms with Gasteiger partial charge in [-0.15, -0.1) is 0 Å². The molecule has 0 aliphatic carbocycles. The molecular weight excluding hydrogens is 339 g/mol. The Labute approximate surface area is 147 Å². The molecule has 3 aromatic rings. The highest BCUT2D eigenvalue weighted by molar-refractivity contribution is 5.88. The molecule has 0 bridgehead atoms. The molecule has 0 spiro atoms. The Bertz CT molecular complexity index is 1060. The Morgan fingerprint density at radius 3 is 2.58 bits per heavy atom. The van der Waals surface area contributed by atoms with Crippen LogP contribution in [-0.4, -0.2) is 15.8 Å². The molecule has 0 unspecified atom stereocenters. The van der Waals surface area contributed by atoms with Gasteiger partial charge in [-0.2, -0.15) is 0 Å². The predicted octanol–water partition coefficient (Wildman–Crippen LogP) is 4.51. The predicted molar refractivity (Wildman–Crippen MR) is 92.6 cm³/mol. The van der Waals surface area contributed by atoms with E-state index in [1.54, 1.807) is 0 Å². The van der Waals surface area contributed by atoms with Gasteiger partial charge in [-0.1, -0.05) is 12.1 Å². The second-order valence-corrected chi connectivity index (χ2v) is 6.62. The van der Waals surface area contributed by atoms with E-state index in [0.717, 1.165) is 59.7 Å². The molecule has 0 saturated carbocycles. The molecule has 0 saturated heterocycles. The Hall–Kier alpha value is -2.89. The van der Waals surface area contributed by atoms with Gasteiger partial charge in [-0.3, -0.25) is 4.99 Å². The summed E-state index contributed by atoms with van der Waals surface area (Å²) in [5, 5.41) is 0. The largest absolute Gasteiger partial charge is 0.327 e. The lowest BCUT2D eigenvalue weighted by Crippen LogP contribution is -1.98. The Balaban J connectivity index is 1.74. The highest BCUT2D eigenvalue weighted by Crippen LogP contribution is 2.37. The van der Waals surface area contributed by atoms with E-state index in [9.17, 15) is 13.2 Å². The number of aryl methyl sites for hydroxylation is 1. The van der Waals surface area contributed by atoms with Crippen LogP contribution >= 0.6 is 0 Å². The lowest BCUT2D eigenvalue weighted by atomic mass is 10.0. The molecule has 0 amide bonds. The first-order chi connectivity index (χ1) is 12.6. The summed E-state index contributed by atoms with van der Waals surface area (Å²) < 4.78 is 43.0. The Morgan fingerprint density at radius 2 is 1.77 bits per heavy atom. The van der Waals surface area contributed by atoms with Crippen LogP contribution in [0.1, 0.15) is 23.4 Å². The van der Waals surface area contributed by atoms with Crippen LogP contribution in [0.25, 0.3) is 22.5 Å². The van der Waals surface area contributed by atoms with Gasteiger partial charge in [0.2, 0.25) is 0 Å². The number of hydrogen-bond donors (Lipinski definition) is 0. The maximum Gasteiger partial charge on any atom is 0.194 e. The molecule has 2 aliphatic heterocycles. The number of imidazole rings is 1. The van der Waals surface area contributed by atoms with Gasteiger partial charge in [0.05, 0.1) is 17.9 Å². The van der Waals surface area contributed by atoms with Crippen molar-refractivity contribution in [1.29, 1.82) is 0 Å². The van der Waals surface area contributed by atoms with Crippen LogP contribution in [0.15, 0.2) is 35.3 Å². The van der Waals surface area contributed by atoms with E-state index in [-0.39, 0.29) is 5.56 Å². The minimum absolute atomic E-state index is 0.243. The normalized spacial score (nSPS) is 14.7. The van der Waals surface area contributed by atoms with E-state index in [1.807, 2.05) is 24.4 Å². The van der Waals surface area contributed by atoms with Crippen molar-refractivity contribution < 1.29 is 13.2 Å². The number of benzene rings is 2. The van der Waals surface area contributed by atoms with Crippen molar-refractivity contribution in [3.8, 4) is 22.5 Å². The third-order valence-electron chi connectivity index (χ3n) is 5.00. The van der Waals surface area contributed by atoms with Crippen molar-refractivity contribution in [3.63, 3.8) is 0 Å². The molecule has 5 rings (SSSR count). The van der Waals surface area contributed by atoms with Crippen LogP contribution in [0, 0.1) is 17.5 Å². The summed E-state index contributed by atoms with van der Waals surface area (Å²) in [6.07, 6.45) is 3.62. The van der Waals surface area contributed by atoms with Crippen molar-refractivity contribution in [2.75, 3.05) is 0 Å². The average molecular weight is 353 g/mol. The van der Waals surface area contributed by atoms with Gasteiger partial charge in [-0.05, 0) is 35.7 Å². The first-order valence-corrected chi connectivity index (χ1v) is 8.49. The van der Waals surface area contributed by atoms with Gasteiger partial charge in [0.15, 0.2) is 17.5 Å². The number of rotatable bonds is 2. The van der Waals surface area contributed by atoms with E-state index in [4.69, 9.17) is 0 Å². The van der Waals surface area contributed by atoms with Crippen LogP contribution in [-0.2, 0) is 19.5 Å². The number of nitrogens with zero attached hydrogens (tertiary/aromatic N) is 3. The minimum Gasteiger partial charge on any atom is -0.327 e. The third-order valence-corrected chi connectivity index (χ3v) is 5.00. The zero-order chi connectivity index (χ0) is 17.8. The summed E-state index contributed by atoms with van der Waals surface area (Å²) >= 11 is 0. The topological polar surface area (TPSA) is 30.2 Å². The Kier molecular flexibility index (Phi) is 3.29. The smallest absolute Gasteiger partial charge is 0.194 e. The fourth-order valence-corrected chi connectivity index (χ4v) is 3.76. The van der Waals surface area contributed by atoms with E-state index in [1.165, 1.54) is 0 Å². The number of fused-ring (bicyclic) bond motifs is 2. The molecule has 0 atom stereocenters. The fraction of sp³-hybridized carbons (Fsp3) is 0.200. The van der Waals surface area contributed by atoms with E-state index >= 15 is 0 Å². The van der Waals surface area contributed by atoms with E-state index in [0.29, 0.717) is 12.2 Å². The number of aromatic nitrogens is 2. The number of hydrogen-bond acceptors (Lipinski definition) is 2. The molecule has 0 radical (unpaired) electrons. The zero-order valence-corrected chi connectivity index (χ0v) is 13.8. The lowest BCUT2D eigenvalue weighted by Gasteiger charge is -2.10. The SMILES string of the molecule is Fc1cc(-c2nc3n(c2-c2ccc4c(c2)C=NC4)CCC3)cc(F)c1F. The van der Waals surface area contributed by atoms with E-state index in [2.05, 4.69) is 14.5 Å². The summed E-state index contributed by atoms with van der Waals surface area (Å²) in [6.45, 7) is 1.47. The highest BCUT2D eigenvalue weighted by Gasteiger charge is 2.25. The summed E-state index contributed by atoms with van der Waals surface area (Å²) in [5.41, 5.74) is 4.64. The maximum atomic E-state index is 13.8. The lowest BCUT2D eigenvalue weighted by molar-refractivity contribution is 0.447. The first kappa shape index (κ1) is 15.4. The molecule has 3 nitrogen and oxygen atoms in total. The molecule has 2 aliphatic rings. The quantitative estimate of drug-likeness (QED) is 0.623. The summed E-state index contributed by atoms with van der Waals surface area (Å²) in [7, 11) is 0. The minimum atomic E-state index is -1.46.